The summed E-state index contributed by atoms with van der Waals surface area (Å²) in [7, 11) is -3.49. The lowest BCUT2D eigenvalue weighted by Crippen LogP contribution is -2.33. The minimum Gasteiger partial charge on any atom is -0.326 e. The van der Waals surface area contributed by atoms with E-state index in [1.807, 2.05) is 19.9 Å². The number of sulfonamides is 1. The largest absolute Gasteiger partial charge is 0.326 e. The molecular formula is C18H21ClN2O3S. The van der Waals surface area contributed by atoms with E-state index in [0.29, 0.717) is 16.4 Å². The molecule has 2 aromatic carbocycles. The molecule has 0 unspecified atom stereocenters. The molecule has 2 rings (SSSR count). The topological polar surface area (TPSA) is 66.5 Å². The van der Waals surface area contributed by atoms with Gasteiger partial charge in [-0.3, -0.25) is 9.10 Å². The van der Waals surface area contributed by atoms with Gasteiger partial charge in [-0.15, -0.1) is 0 Å². The van der Waals surface area contributed by atoms with E-state index in [9.17, 15) is 13.2 Å². The van der Waals surface area contributed by atoms with Gasteiger partial charge in [0.25, 0.3) is 0 Å². The van der Waals surface area contributed by atoms with Crippen molar-refractivity contribution in [2.24, 2.45) is 0 Å². The summed E-state index contributed by atoms with van der Waals surface area (Å²) in [5.74, 6) is -0.264. The molecule has 0 aliphatic rings. The SMILES string of the molecule is Cc1cc(C)cc(N(CCC(=O)Nc2ccc(Cl)cc2)S(C)(=O)=O)c1. The second-order valence-electron chi connectivity index (χ2n) is 5.99. The summed E-state index contributed by atoms with van der Waals surface area (Å²) in [5, 5.41) is 3.31. The lowest BCUT2D eigenvalue weighted by molar-refractivity contribution is -0.116. The molecule has 25 heavy (non-hydrogen) atoms. The maximum Gasteiger partial charge on any atom is 0.232 e. The molecule has 0 aliphatic carbocycles. The molecule has 0 spiro atoms. The minimum atomic E-state index is -3.49. The van der Waals surface area contributed by atoms with Crippen LogP contribution in [0, 0.1) is 13.8 Å². The Morgan fingerprint density at radius 1 is 1.08 bits per heavy atom. The average Bonchev–Trinajstić information content (AvgIpc) is 2.47. The number of nitrogens with one attached hydrogen (secondary N) is 1. The number of benzene rings is 2. The van der Waals surface area contributed by atoms with E-state index in [0.717, 1.165) is 17.4 Å². The molecule has 0 radical (unpaired) electrons. The molecule has 2 aromatic rings. The van der Waals surface area contributed by atoms with Crippen molar-refractivity contribution < 1.29 is 13.2 Å². The van der Waals surface area contributed by atoms with Gasteiger partial charge in [0.15, 0.2) is 0 Å². The molecule has 0 bridgehead atoms. The number of carbonyl (C=O) groups is 1. The van der Waals surface area contributed by atoms with E-state index < -0.39 is 10.0 Å². The molecule has 1 N–H and O–H groups in total. The van der Waals surface area contributed by atoms with Crippen molar-refractivity contribution in [1.29, 1.82) is 0 Å². The van der Waals surface area contributed by atoms with Crippen molar-refractivity contribution in [3.05, 3.63) is 58.6 Å². The third kappa shape index (κ3) is 5.76. The summed E-state index contributed by atoms with van der Waals surface area (Å²) in [4.78, 5) is 12.1. The normalized spacial score (nSPS) is 11.2. The summed E-state index contributed by atoms with van der Waals surface area (Å²) in [6.07, 6.45) is 1.18. The monoisotopic (exact) mass is 380 g/mol. The molecule has 0 atom stereocenters. The van der Waals surface area contributed by atoms with Crippen LogP contribution in [0.25, 0.3) is 0 Å². The van der Waals surface area contributed by atoms with Crippen LogP contribution in [0.5, 0.6) is 0 Å². The standard InChI is InChI=1S/C18H21ClN2O3S/c1-13-10-14(2)12-17(11-13)21(25(3,23)24)9-8-18(22)20-16-6-4-15(19)5-7-16/h4-7,10-12H,8-9H2,1-3H3,(H,20,22). The van der Waals surface area contributed by atoms with Crippen LogP contribution in [0.2, 0.25) is 5.02 Å². The Morgan fingerprint density at radius 3 is 2.16 bits per heavy atom. The lowest BCUT2D eigenvalue weighted by Gasteiger charge is -2.23. The van der Waals surface area contributed by atoms with E-state index in [-0.39, 0.29) is 18.9 Å². The van der Waals surface area contributed by atoms with Gasteiger partial charge in [0, 0.05) is 23.7 Å². The molecule has 5 nitrogen and oxygen atoms in total. The summed E-state index contributed by atoms with van der Waals surface area (Å²) in [6.45, 7) is 3.88. The number of aryl methyl sites for hydroxylation is 2. The van der Waals surface area contributed by atoms with Gasteiger partial charge in [0.2, 0.25) is 15.9 Å². The number of nitrogens with zero attached hydrogens (tertiary/aromatic N) is 1. The second kappa shape index (κ2) is 7.89. The smallest absolute Gasteiger partial charge is 0.232 e. The van der Waals surface area contributed by atoms with Crippen LogP contribution in [-0.2, 0) is 14.8 Å². The first-order valence-corrected chi connectivity index (χ1v) is 9.99. The number of carbonyl (C=O) groups excluding carboxylic acids is 1. The van der Waals surface area contributed by atoms with Crippen molar-refractivity contribution in [1.82, 2.24) is 0 Å². The summed E-state index contributed by atoms with van der Waals surface area (Å²) in [6, 6.07) is 12.3. The molecule has 0 saturated carbocycles. The third-order valence-corrected chi connectivity index (χ3v) is 5.01. The lowest BCUT2D eigenvalue weighted by atomic mass is 10.1. The van der Waals surface area contributed by atoms with Gasteiger partial charge in [0.05, 0.1) is 11.9 Å². The van der Waals surface area contributed by atoms with E-state index in [1.54, 1.807) is 36.4 Å². The first kappa shape index (κ1) is 19.3. The van der Waals surface area contributed by atoms with Gasteiger partial charge in [-0.2, -0.15) is 0 Å². The van der Waals surface area contributed by atoms with Crippen LogP contribution in [-0.4, -0.2) is 27.1 Å². The quantitative estimate of drug-likeness (QED) is 0.829. The second-order valence-corrected chi connectivity index (χ2v) is 8.33. The highest BCUT2D eigenvalue weighted by molar-refractivity contribution is 7.92. The molecule has 0 fully saturated rings. The van der Waals surface area contributed by atoms with Crippen LogP contribution >= 0.6 is 11.6 Å². The fourth-order valence-electron chi connectivity index (χ4n) is 2.54. The van der Waals surface area contributed by atoms with E-state index >= 15 is 0 Å². The highest BCUT2D eigenvalue weighted by Gasteiger charge is 2.19. The highest BCUT2D eigenvalue weighted by Crippen LogP contribution is 2.22. The van der Waals surface area contributed by atoms with Gasteiger partial charge >= 0.3 is 0 Å². The Morgan fingerprint density at radius 2 is 1.64 bits per heavy atom. The number of amides is 1. The van der Waals surface area contributed by atoms with E-state index in [1.165, 1.54) is 4.31 Å². The number of hydrogen-bond acceptors (Lipinski definition) is 3. The molecular weight excluding hydrogens is 360 g/mol. The zero-order valence-electron chi connectivity index (χ0n) is 14.4. The Hall–Kier alpha value is -2.05. The van der Waals surface area contributed by atoms with Gasteiger partial charge in [0.1, 0.15) is 0 Å². The Balaban J connectivity index is 2.10. The van der Waals surface area contributed by atoms with Crippen LogP contribution < -0.4 is 9.62 Å². The number of rotatable bonds is 6. The molecule has 0 heterocycles. The minimum absolute atomic E-state index is 0.0443. The average molecular weight is 381 g/mol. The Bertz CT molecular complexity index is 844. The molecule has 134 valence electrons. The van der Waals surface area contributed by atoms with E-state index in [2.05, 4.69) is 5.32 Å². The first-order valence-electron chi connectivity index (χ1n) is 7.76. The maximum absolute atomic E-state index is 12.1. The Kier molecular flexibility index (Phi) is 6.08. The Labute approximate surface area is 153 Å². The predicted octanol–water partition coefficient (Wildman–Crippen LogP) is 3.75. The van der Waals surface area contributed by atoms with Crippen molar-refractivity contribution in [2.75, 3.05) is 22.4 Å². The van der Waals surface area contributed by atoms with Gasteiger partial charge in [-0.25, -0.2) is 8.42 Å². The predicted molar refractivity (Wildman–Crippen MR) is 103 cm³/mol. The molecule has 0 aromatic heterocycles. The van der Waals surface area contributed by atoms with Crippen LogP contribution in [0.1, 0.15) is 17.5 Å². The summed E-state index contributed by atoms with van der Waals surface area (Å²) < 4.78 is 25.5. The fourth-order valence-corrected chi connectivity index (χ4v) is 3.58. The third-order valence-electron chi connectivity index (χ3n) is 3.56. The first-order chi connectivity index (χ1) is 11.6. The fraction of sp³-hybridized carbons (Fsp3) is 0.278. The molecule has 7 heteroatoms. The molecule has 0 aliphatic heterocycles. The van der Waals surface area contributed by atoms with Crippen LogP contribution in [0.4, 0.5) is 11.4 Å². The summed E-state index contributed by atoms with van der Waals surface area (Å²) >= 11 is 5.81. The van der Waals surface area contributed by atoms with Crippen LogP contribution in [0.15, 0.2) is 42.5 Å². The van der Waals surface area contributed by atoms with Crippen molar-refractivity contribution >= 4 is 38.9 Å². The zero-order chi connectivity index (χ0) is 18.6. The van der Waals surface area contributed by atoms with Crippen LogP contribution in [0.3, 0.4) is 0 Å². The summed E-state index contributed by atoms with van der Waals surface area (Å²) in [5.41, 5.74) is 3.12. The van der Waals surface area contributed by atoms with Crippen molar-refractivity contribution in [2.45, 2.75) is 20.3 Å². The molecule has 1 amide bonds. The number of hydrogen-bond donors (Lipinski definition) is 1. The van der Waals surface area contributed by atoms with Gasteiger partial charge in [-0.1, -0.05) is 17.7 Å². The van der Waals surface area contributed by atoms with Crippen molar-refractivity contribution in [3.63, 3.8) is 0 Å². The maximum atomic E-state index is 12.1. The van der Waals surface area contributed by atoms with E-state index in [4.69, 9.17) is 11.6 Å². The number of halogens is 1. The zero-order valence-corrected chi connectivity index (χ0v) is 16.0. The van der Waals surface area contributed by atoms with Crippen molar-refractivity contribution in [3.8, 4) is 0 Å². The number of anilines is 2. The van der Waals surface area contributed by atoms with Gasteiger partial charge < -0.3 is 5.32 Å². The highest BCUT2D eigenvalue weighted by atomic mass is 35.5. The molecule has 0 saturated heterocycles. The van der Waals surface area contributed by atoms with Gasteiger partial charge in [-0.05, 0) is 61.4 Å².